The fraction of sp³-hybridized carbons (Fsp3) is 0.444. The first-order valence-electron chi connectivity index (χ1n) is 8.04. The number of esters is 1. The van der Waals surface area contributed by atoms with E-state index in [-0.39, 0.29) is 35.9 Å². The molecule has 25 heavy (non-hydrogen) atoms. The fourth-order valence-corrected chi connectivity index (χ4v) is 1.96. The van der Waals surface area contributed by atoms with Crippen LogP contribution < -0.4 is 15.4 Å². The summed E-state index contributed by atoms with van der Waals surface area (Å²) in [7, 11) is 1.39. The van der Waals surface area contributed by atoms with E-state index in [0.29, 0.717) is 25.7 Å². The van der Waals surface area contributed by atoms with Gasteiger partial charge >= 0.3 is 5.97 Å². The number of rotatable bonds is 9. The van der Waals surface area contributed by atoms with Gasteiger partial charge in [0.1, 0.15) is 12.4 Å². The van der Waals surface area contributed by atoms with E-state index in [1.165, 1.54) is 7.11 Å². The molecular weight excluding hydrogens is 433 g/mol. The van der Waals surface area contributed by atoms with Crippen LogP contribution in [0.2, 0.25) is 0 Å². The van der Waals surface area contributed by atoms with Gasteiger partial charge in [0.25, 0.3) is 0 Å². The largest absolute Gasteiger partial charge is 0.489 e. The van der Waals surface area contributed by atoms with Crippen molar-refractivity contribution >= 4 is 35.9 Å². The van der Waals surface area contributed by atoms with Gasteiger partial charge in [-0.1, -0.05) is 37.8 Å². The van der Waals surface area contributed by atoms with E-state index >= 15 is 0 Å². The summed E-state index contributed by atoms with van der Waals surface area (Å²) >= 11 is 0. The Morgan fingerprint density at radius 1 is 1.36 bits per heavy atom. The molecule has 0 heterocycles. The highest BCUT2D eigenvalue weighted by Crippen LogP contribution is 2.18. The third kappa shape index (κ3) is 8.76. The summed E-state index contributed by atoms with van der Waals surface area (Å²) < 4.78 is 10.4. The van der Waals surface area contributed by atoms with E-state index in [1.807, 2.05) is 31.2 Å². The lowest BCUT2D eigenvalue weighted by Crippen LogP contribution is -2.40. The Morgan fingerprint density at radius 2 is 2.08 bits per heavy atom. The lowest BCUT2D eigenvalue weighted by Gasteiger charge is -2.15. The van der Waals surface area contributed by atoms with Crippen LogP contribution in [0.1, 0.15) is 19.4 Å². The molecule has 0 aliphatic carbocycles. The van der Waals surface area contributed by atoms with Crippen molar-refractivity contribution in [3.8, 4) is 5.75 Å². The number of carbonyl (C=O) groups excluding carboxylic acids is 1. The number of nitrogens with zero attached hydrogens (tertiary/aromatic N) is 1. The summed E-state index contributed by atoms with van der Waals surface area (Å²) in [6.07, 6.45) is 1.71. The van der Waals surface area contributed by atoms with Crippen LogP contribution in [0.15, 0.2) is 41.9 Å². The first-order chi connectivity index (χ1) is 11.6. The number of ether oxygens (including phenoxy) is 2. The zero-order chi connectivity index (χ0) is 17.8. The van der Waals surface area contributed by atoms with Crippen molar-refractivity contribution in [1.82, 2.24) is 10.6 Å². The Bertz CT molecular complexity index is 564. The van der Waals surface area contributed by atoms with Crippen molar-refractivity contribution in [3.63, 3.8) is 0 Å². The number of benzene rings is 1. The van der Waals surface area contributed by atoms with Crippen molar-refractivity contribution in [1.29, 1.82) is 0 Å². The second kappa shape index (κ2) is 13.5. The summed E-state index contributed by atoms with van der Waals surface area (Å²) in [5.74, 6) is 0.940. The Morgan fingerprint density at radius 3 is 2.72 bits per heavy atom. The summed E-state index contributed by atoms with van der Waals surface area (Å²) in [5, 5.41) is 6.31. The van der Waals surface area contributed by atoms with Gasteiger partial charge in [0.2, 0.25) is 0 Å². The molecular formula is C18H28IN3O3. The second-order valence-electron chi connectivity index (χ2n) is 5.21. The zero-order valence-corrected chi connectivity index (χ0v) is 17.4. The van der Waals surface area contributed by atoms with Crippen molar-refractivity contribution in [2.75, 3.05) is 26.8 Å². The van der Waals surface area contributed by atoms with E-state index in [0.717, 1.165) is 17.9 Å². The van der Waals surface area contributed by atoms with Crippen LogP contribution in [0, 0.1) is 5.92 Å². The Hall–Kier alpha value is -1.77. The molecule has 1 rings (SSSR count). The van der Waals surface area contributed by atoms with Gasteiger partial charge in [-0.3, -0.25) is 4.79 Å². The highest BCUT2D eigenvalue weighted by Gasteiger charge is 2.13. The third-order valence-corrected chi connectivity index (χ3v) is 3.26. The number of methoxy groups -OCH3 is 1. The fourth-order valence-electron chi connectivity index (χ4n) is 1.96. The first-order valence-corrected chi connectivity index (χ1v) is 8.04. The van der Waals surface area contributed by atoms with Gasteiger partial charge in [0.05, 0.1) is 19.6 Å². The van der Waals surface area contributed by atoms with Crippen LogP contribution in [0.25, 0.3) is 0 Å². The monoisotopic (exact) mass is 461 g/mol. The molecule has 0 spiro atoms. The molecule has 0 aliphatic heterocycles. The van der Waals surface area contributed by atoms with Crippen molar-refractivity contribution in [2.45, 2.75) is 20.4 Å². The van der Waals surface area contributed by atoms with Gasteiger partial charge < -0.3 is 20.1 Å². The molecule has 0 fully saturated rings. The van der Waals surface area contributed by atoms with Crippen LogP contribution >= 0.6 is 24.0 Å². The molecule has 0 bridgehead atoms. The van der Waals surface area contributed by atoms with Gasteiger partial charge in [-0.25, -0.2) is 4.99 Å². The van der Waals surface area contributed by atoms with Crippen molar-refractivity contribution in [2.24, 2.45) is 10.9 Å². The molecule has 7 heteroatoms. The van der Waals surface area contributed by atoms with Gasteiger partial charge in [-0.2, -0.15) is 0 Å². The van der Waals surface area contributed by atoms with Crippen molar-refractivity contribution < 1.29 is 14.3 Å². The maximum absolute atomic E-state index is 11.5. The smallest absolute Gasteiger partial charge is 0.310 e. The van der Waals surface area contributed by atoms with Gasteiger partial charge in [0, 0.05) is 18.7 Å². The summed E-state index contributed by atoms with van der Waals surface area (Å²) in [6, 6.07) is 7.76. The lowest BCUT2D eigenvalue weighted by molar-refractivity contribution is -0.144. The minimum absolute atomic E-state index is 0. The van der Waals surface area contributed by atoms with E-state index in [9.17, 15) is 4.79 Å². The molecule has 2 N–H and O–H groups in total. The summed E-state index contributed by atoms with van der Waals surface area (Å²) in [5.41, 5.74) is 0.984. The Balaban J connectivity index is 0.00000576. The van der Waals surface area contributed by atoms with Crippen molar-refractivity contribution in [3.05, 3.63) is 42.5 Å². The predicted molar refractivity (Wildman–Crippen MR) is 112 cm³/mol. The molecule has 0 aromatic heterocycles. The molecule has 0 saturated heterocycles. The lowest BCUT2D eigenvalue weighted by atomic mass is 10.2. The number of hydrogen-bond acceptors (Lipinski definition) is 4. The van der Waals surface area contributed by atoms with Crippen LogP contribution in [-0.2, 0) is 16.1 Å². The molecule has 0 saturated carbocycles. The normalized spacial score (nSPS) is 11.7. The number of carbonyl (C=O) groups is 1. The Labute approximate surface area is 167 Å². The maximum Gasteiger partial charge on any atom is 0.310 e. The molecule has 0 radical (unpaired) electrons. The standard InChI is InChI=1S/C18H27N3O3.HI/c1-5-11-24-16-10-8-7-9-15(16)13-21-18(19-6-2)20-12-14(3)17(22)23-4;/h5,7-10,14H,1,6,11-13H2,2-4H3,(H2,19,20,21);1H. The van der Waals surface area contributed by atoms with E-state index < -0.39 is 0 Å². The van der Waals surface area contributed by atoms with E-state index in [2.05, 4.69) is 22.2 Å². The molecule has 1 unspecified atom stereocenters. The van der Waals surface area contributed by atoms with Crippen LogP contribution in [0.4, 0.5) is 0 Å². The highest BCUT2D eigenvalue weighted by atomic mass is 127. The number of para-hydroxylation sites is 1. The molecule has 0 amide bonds. The quantitative estimate of drug-likeness (QED) is 0.195. The third-order valence-electron chi connectivity index (χ3n) is 3.26. The topological polar surface area (TPSA) is 72.0 Å². The summed E-state index contributed by atoms with van der Waals surface area (Å²) in [6.45, 7) is 9.55. The number of hydrogen-bond donors (Lipinski definition) is 2. The minimum atomic E-state index is -0.249. The molecule has 0 aliphatic rings. The second-order valence-corrected chi connectivity index (χ2v) is 5.21. The summed E-state index contributed by atoms with van der Waals surface area (Å²) in [4.78, 5) is 16.0. The minimum Gasteiger partial charge on any atom is -0.489 e. The van der Waals surface area contributed by atoms with Crippen LogP contribution in [-0.4, -0.2) is 38.7 Å². The molecule has 6 nitrogen and oxygen atoms in total. The first kappa shape index (κ1) is 23.2. The maximum atomic E-state index is 11.5. The Kier molecular flexibility index (Phi) is 12.6. The van der Waals surface area contributed by atoms with Gasteiger partial charge in [0.15, 0.2) is 5.96 Å². The molecule has 1 aromatic carbocycles. The number of nitrogens with one attached hydrogen (secondary N) is 2. The van der Waals surface area contributed by atoms with Crippen LogP contribution in [0.5, 0.6) is 5.75 Å². The number of guanidine groups is 1. The zero-order valence-electron chi connectivity index (χ0n) is 15.1. The number of halogens is 1. The predicted octanol–water partition coefficient (Wildman–Crippen LogP) is 2.73. The average molecular weight is 461 g/mol. The van der Waals surface area contributed by atoms with E-state index in [4.69, 9.17) is 9.47 Å². The van der Waals surface area contributed by atoms with Gasteiger partial charge in [-0.15, -0.1) is 24.0 Å². The van der Waals surface area contributed by atoms with E-state index in [1.54, 1.807) is 13.0 Å². The molecule has 1 aromatic rings. The average Bonchev–Trinajstić information content (AvgIpc) is 2.61. The molecule has 140 valence electrons. The molecule has 1 atom stereocenters. The van der Waals surface area contributed by atoms with Crippen LogP contribution in [0.3, 0.4) is 0 Å². The SMILES string of the molecule is C=CCOc1ccccc1CN=C(NCC)NCC(C)C(=O)OC.I. The number of aliphatic imine (C=N–C) groups is 1. The highest BCUT2D eigenvalue weighted by molar-refractivity contribution is 14.0. The van der Waals surface area contributed by atoms with Gasteiger partial charge in [-0.05, 0) is 13.0 Å².